The molecule has 0 heterocycles. The zero-order chi connectivity index (χ0) is 23.1. The fraction of sp³-hybridized carbons (Fsp3) is 0.208. The van der Waals surface area contributed by atoms with Gasteiger partial charge in [-0.05, 0) is 67.8 Å². The van der Waals surface area contributed by atoms with Crippen molar-refractivity contribution in [1.29, 1.82) is 0 Å². The molecule has 3 aromatic carbocycles. The van der Waals surface area contributed by atoms with Crippen molar-refractivity contribution in [3.05, 3.63) is 94.0 Å². The minimum Gasteiger partial charge on any atom is -0.355 e. The Balaban J connectivity index is 1.70. The quantitative estimate of drug-likeness (QED) is 0.416. The summed E-state index contributed by atoms with van der Waals surface area (Å²) in [5.74, 6) is -0.392. The lowest BCUT2D eigenvalue weighted by atomic mass is 10.1. The van der Waals surface area contributed by atoms with Crippen LogP contribution in [0.1, 0.15) is 17.5 Å². The van der Waals surface area contributed by atoms with Crippen molar-refractivity contribution in [3.63, 3.8) is 0 Å². The summed E-state index contributed by atoms with van der Waals surface area (Å²) in [6.07, 6.45) is 1.49. The van der Waals surface area contributed by atoms with Crippen LogP contribution in [0.3, 0.4) is 0 Å². The van der Waals surface area contributed by atoms with Crippen molar-refractivity contribution < 1.29 is 13.2 Å². The summed E-state index contributed by atoms with van der Waals surface area (Å²) in [5.41, 5.74) is 2.39. The number of amides is 1. The molecule has 0 saturated carbocycles. The Hall–Kier alpha value is -2.54. The molecule has 0 spiro atoms. The van der Waals surface area contributed by atoms with E-state index in [1.807, 2.05) is 31.2 Å². The molecule has 0 fully saturated rings. The number of halogens is 2. The number of benzene rings is 3. The average Bonchev–Trinajstić information content (AvgIpc) is 2.76. The first kappa shape index (κ1) is 24.1. The van der Waals surface area contributed by atoms with Gasteiger partial charge in [-0.1, -0.05) is 59.1 Å². The van der Waals surface area contributed by atoms with Gasteiger partial charge >= 0.3 is 0 Å². The van der Waals surface area contributed by atoms with Gasteiger partial charge in [-0.25, -0.2) is 8.42 Å². The number of nitrogens with zero attached hydrogens (tertiary/aromatic N) is 1. The fourth-order valence-corrected chi connectivity index (χ4v) is 4.86. The van der Waals surface area contributed by atoms with E-state index >= 15 is 0 Å². The summed E-state index contributed by atoms with van der Waals surface area (Å²) in [4.78, 5) is 12.7. The summed E-state index contributed by atoms with van der Waals surface area (Å²) in [6.45, 7) is 1.95. The lowest BCUT2D eigenvalue weighted by Crippen LogP contribution is -2.41. The van der Waals surface area contributed by atoms with Gasteiger partial charge in [-0.3, -0.25) is 9.10 Å². The van der Waals surface area contributed by atoms with E-state index in [-0.39, 0.29) is 11.4 Å². The van der Waals surface area contributed by atoms with Crippen molar-refractivity contribution in [1.82, 2.24) is 5.32 Å². The SMILES string of the molecule is Cc1ccc(S(=O)(=O)N(CC(=O)NCCCc2ccc(Cl)cc2)c2cccc(Cl)c2)cc1. The smallest absolute Gasteiger partial charge is 0.264 e. The van der Waals surface area contributed by atoms with E-state index in [0.717, 1.165) is 28.3 Å². The van der Waals surface area contributed by atoms with Gasteiger partial charge in [0, 0.05) is 16.6 Å². The molecule has 1 N–H and O–H groups in total. The molecule has 3 rings (SSSR count). The standard InChI is InChI=1S/C24H24Cl2N2O3S/c1-18-7-13-23(14-8-18)32(30,31)28(22-6-2-5-21(26)16-22)17-24(29)27-15-3-4-19-9-11-20(25)12-10-19/h2,5-14,16H,3-4,15,17H2,1H3,(H,27,29). The second-order valence-electron chi connectivity index (χ2n) is 7.38. The minimum atomic E-state index is -3.96. The van der Waals surface area contributed by atoms with Crippen molar-refractivity contribution in [2.75, 3.05) is 17.4 Å². The van der Waals surface area contributed by atoms with E-state index in [1.165, 1.54) is 18.2 Å². The van der Waals surface area contributed by atoms with Crippen LogP contribution in [0.25, 0.3) is 0 Å². The lowest BCUT2D eigenvalue weighted by Gasteiger charge is -2.24. The maximum Gasteiger partial charge on any atom is 0.264 e. The molecular formula is C24H24Cl2N2O3S. The zero-order valence-corrected chi connectivity index (χ0v) is 19.9. The number of hydrogen-bond donors (Lipinski definition) is 1. The van der Waals surface area contributed by atoms with Crippen LogP contribution in [0.5, 0.6) is 0 Å². The number of sulfonamides is 1. The summed E-state index contributed by atoms with van der Waals surface area (Å²) in [6, 6.07) is 20.5. The molecule has 0 aliphatic rings. The molecule has 8 heteroatoms. The van der Waals surface area contributed by atoms with Crippen LogP contribution in [-0.4, -0.2) is 27.4 Å². The summed E-state index contributed by atoms with van der Waals surface area (Å²) in [5, 5.41) is 3.87. The number of anilines is 1. The van der Waals surface area contributed by atoms with Crippen LogP contribution < -0.4 is 9.62 Å². The van der Waals surface area contributed by atoms with Gasteiger partial charge < -0.3 is 5.32 Å². The Labute approximate surface area is 199 Å². The second kappa shape index (κ2) is 10.9. The molecule has 1 amide bonds. The van der Waals surface area contributed by atoms with E-state index in [4.69, 9.17) is 23.2 Å². The zero-order valence-electron chi connectivity index (χ0n) is 17.6. The van der Waals surface area contributed by atoms with E-state index in [2.05, 4.69) is 5.32 Å². The molecular weight excluding hydrogens is 467 g/mol. The molecule has 0 aliphatic carbocycles. The van der Waals surface area contributed by atoms with Gasteiger partial charge in [-0.15, -0.1) is 0 Å². The summed E-state index contributed by atoms with van der Waals surface area (Å²) < 4.78 is 27.7. The van der Waals surface area contributed by atoms with E-state index in [1.54, 1.807) is 30.3 Å². The van der Waals surface area contributed by atoms with Gasteiger partial charge in [-0.2, -0.15) is 0 Å². The van der Waals surface area contributed by atoms with Gasteiger partial charge in [0.2, 0.25) is 5.91 Å². The van der Waals surface area contributed by atoms with Gasteiger partial charge in [0.25, 0.3) is 10.0 Å². The molecule has 0 bridgehead atoms. The minimum absolute atomic E-state index is 0.110. The molecule has 0 aromatic heterocycles. The Bertz CT molecular complexity index is 1160. The number of carbonyl (C=O) groups is 1. The number of hydrogen-bond acceptors (Lipinski definition) is 3. The molecule has 32 heavy (non-hydrogen) atoms. The first-order chi connectivity index (χ1) is 15.3. The van der Waals surface area contributed by atoms with E-state index in [0.29, 0.717) is 22.3 Å². The molecule has 0 atom stereocenters. The highest BCUT2D eigenvalue weighted by atomic mass is 35.5. The largest absolute Gasteiger partial charge is 0.355 e. The Morgan fingerprint density at radius 3 is 2.28 bits per heavy atom. The van der Waals surface area contributed by atoms with Crippen molar-refractivity contribution >= 4 is 44.8 Å². The predicted molar refractivity (Wildman–Crippen MR) is 130 cm³/mol. The molecule has 168 valence electrons. The normalized spacial score (nSPS) is 11.2. The first-order valence-corrected chi connectivity index (χ1v) is 12.3. The molecule has 0 saturated heterocycles. The van der Waals surface area contributed by atoms with Gasteiger partial charge in [0.05, 0.1) is 10.6 Å². The van der Waals surface area contributed by atoms with Crippen molar-refractivity contribution in [2.24, 2.45) is 0 Å². The number of rotatable bonds is 9. The molecule has 3 aromatic rings. The maximum absolute atomic E-state index is 13.3. The topological polar surface area (TPSA) is 66.5 Å². The van der Waals surface area contributed by atoms with Crippen LogP contribution in [0.15, 0.2) is 77.7 Å². The van der Waals surface area contributed by atoms with Crippen molar-refractivity contribution in [2.45, 2.75) is 24.7 Å². The highest BCUT2D eigenvalue weighted by molar-refractivity contribution is 7.92. The van der Waals surface area contributed by atoms with Crippen LogP contribution in [0.4, 0.5) is 5.69 Å². The highest BCUT2D eigenvalue weighted by Gasteiger charge is 2.27. The third-order valence-corrected chi connectivity index (χ3v) is 7.15. The number of nitrogens with one attached hydrogen (secondary N) is 1. The van der Waals surface area contributed by atoms with Gasteiger partial charge in [0.1, 0.15) is 6.54 Å². The third kappa shape index (κ3) is 6.48. The van der Waals surface area contributed by atoms with Crippen LogP contribution in [-0.2, 0) is 21.2 Å². The van der Waals surface area contributed by atoms with Crippen LogP contribution in [0, 0.1) is 6.92 Å². The monoisotopic (exact) mass is 490 g/mol. The maximum atomic E-state index is 13.3. The Kier molecular flexibility index (Phi) is 8.18. The number of carbonyl (C=O) groups excluding carboxylic acids is 1. The fourth-order valence-electron chi connectivity index (χ4n) is 3.14. The van der Waals surface area contributed by atoms with E-state index in [9.17, 15) is 13.2 Å². The molecule has 0 aliphatic heterocycles. The first-order valence-electron chi connectivity index (χ1n) is 10.1. The average molecular weight is 491 g/mol. The molecule has 5 nitrogen and oxygen atoms in total. The highest BCUT2D eigenvalue weighted by Crippen LogP contribution is 2.26. The van der Waals surface area contributed by atoms with Crippen LogP contribution >= 0.6 is 23.2 Å². The van der Waals surface area contributed by atoms with Crippen LogP contribution in [0.2, 0.25) is 10.0 Å². The van der Waals surface area contributed by atoms with Crippen molar-refractivity contribution in [3.8, 4) is 0 Å². The summed E-state index contributed by atoms with van der Waals surface area (Å²) >= 11 is 12.0. The Morgan fingerprint density at radius 2 is 1.62 bits per heavy atom. The lowest BCUT2D eigenvalue weighted by molar-refractivity contribution is -0.119. The third-order valence-electron chi connectivity index (χ3n) is 4.87. The van der Waals surface area contributed by atoms with E-state index < -0.39 is 15.9 Å². The number of aryl methyl sites for hydroxylation is 2. The second-order valence-corrected chi connectivity index (χ2v) is 10.1. The summed E-state index contributed by atoms with van der Waals surface area (Å²) in [7, 11) is -3.96. The van der Waals surface area contributed by atoms with Gasteiger partial charge in [0.15, 0.2) is 0 Å². The Morgan fingerprint density at radius 1 is 0.938 bits per heavy atom. The molecule has 0 radical (unpaired) electrons. The molecule has 0 unspecified atom stereocenters. The predicted octanol–water partition coefficient (Wildman–Crippen LogP) is 5.25.